The zero-order valence-electron chi connectivity index (χ0n) is 23.2. The van der Waals surface area contributed by atoms with Crippen LogP contribution in [0.5, 0.6) is 0 Å². The summed E-state index contributed by atoms with van der Waals surface area (Å²) in [6.45, 7) is 1.91. The Kier molecular flexibility index (Phi) is 8.05. The number of aryl methyl sites for hydroxylation is 1. The monoisotopic (exact) mass is 550 g/mol. The molecule has 8 nitrogen and oxygen atoms in total. The zero-order chi connectivity index (χ0) is 28.9. The van der Waals surface area contributed by atoms with Crippen molar-refractivity contribution in [1.29, 1.82) is 0 Å². The highest BCUT2D eigenvalue weighted by molar-refractivity contribution is 5.98. The average molecular weight is 551 g/mol. The van der Waals surface area contributed by atoms with Crippen molar-refractivity contribution in [2.45, 2.75) is 26.1 Å². The number of aromatic nitrogens is 3. The number of rotatable bonds is 9. The number of hydrogen-bond donors (Lipinski definition) is 1. The normalized spacial score (nSPS) is 11.7. The molecule has 0 spiro atoms. The van der Waals surface area contributed by atoms with E-state index in [2.05, 4.69) is 15.6 Å². The van der Waals surface area contributed by atoms with Crippen LogP contribution >= 0.6 is 0 Å². The Hall–Kier alpha value is -5.05. The molecule has 1 aromatic heterocycles. The van der Waals surface area contributed by atoms with Crippen molar-refractivity contribution in [3.8, 4) is 0 Å². The molecule has 0 aliphatic heterocycles. The minimum absolute atomic E-state index is 0.0806. The van der Waals surface area contributed by atoms with Gasteiger partial charge in [-0.2, -0.15) is 0 Å². The summed E-state index contributed by atoms with van der Waals surface area (Å²) in [6.07, 6.45) is 0. The van der Waals surface area contributed by atoms with Crippen molar-refractivity contribution in [2.24, 2.45) is 0 Å². The first-order valence-corrected chi connectivity index (χ1v) is 13.3. The Morgan fingerprint density at radius 3 is 2.27 bits per heavy atom. The van der Waals surface area contributed by atoms with Crippen LogP contribution in [0.2, 0.25) is 0 Å². The largest absolute Gasteiger partial charge is 0.378 e. The average Bonchev–Trinajstić information content (AvgIpc) is 3.37. The lowest BCUT2D eigenvalue weighted by molar-refractivity contribution is -0.140. The van der Waals surface area contributed by atoms with Crippen molar-refractivity contribution in [3.63, 3.8) is 0 Å². The number of para-hydroxylation sites is 1. The number of anilines is 2. The maximum atomic E-state index is 14.1. The van der Waals surface area contributed by atoms with Crippen molar-refractivity contribution in [1.82, 2.24) is 19.9 Å². The number of hydrogen-bond acceptors (Lipinski definition) is 5. The molecule has 5 rings (SSSR count). The number of benzene rings is 4. The number of carbonyl (C=O) groups excluding carboxylic acids is 2. The van der Waals surface area contributed by atoms with E-state index < -0.39 is 6.04 Å². The van der Waals surface area contributed by atoms with Crippen molar-refractivity contribution in [3.05, 3.63) is 120 Å². The standard InChI is InChI=1S/C32H31FN6O2/c1-22-8-12-24(13-9-22)31(32(41)34-26-16-18-27(19-17-26)37(2)3)38(20-23-10-14-25(33)15-11-23)30(40)21-39-29-7-5-4-6-28(29)35-36-39/h4-19,31H,20-21H2,1-3H3,(H,34,41). The van der Waals surface area contributed by atoms with Gasteiger partial charge in [-0.25, -0.2) is 9.07 Å². The summed E-state index contributed by atoms with van der Waals surface area (Å²) in [5.74, 6) is -1.09. The van der Waals surface area contributed by atoms with Crippen molar-refractivity contribution >= 4 is 34.2 Å². The molecular weight excluding hydrogens is 519 g/mol. The molecule has 0 fully saturated rings. The third-order valence-electron chi connectivity index (χ3n) is 6.90. The minimum atomic E-state index is -0.975. The fourth-order valence-electron chi connectivity index (χ4n) is 4.64. The fraction of sp³-hybridized carbons (Fsp3) is 0.188. The molecule has 2 amide bonds. The summed E-state index contributed by atoms with van der Waals surface area (Å²) in [6, 6.07) is 27.3. The van der Waals surface area contributed by atoms with Crippen LogP contribution in [-0.2, 0) is 22.7 Å². The van der Waals surface area contributed by atoms with Gasteiger partial charge in [0.05, 0.1) is 5.52 Å². The molecule has 0 bridgehead atoms. The molecule has 4 aromatic carbocycles. The van der Waals surface area contributed by atoms with Crippen LogP contribution in [0.3, 0.4) is 0 Å². The quantitative estimate of drug-likeness (QED) is 0.267. The van der Waals surface area contributed by atoms with Gasteiger partial charge in [0.15, 0.2) is 0 Å². The molecule has 0 aliphatic rings. The third kappa shape index (κ3) is 6.41. The van der Waals surface area contributed by atoms with Crippen LogP contribution in [0.1, 0.15) is 22.7 Å². The first-order chi connectivity index (χ1) is 19.8. The Morgan fingerprint density at radius 2 is 1.59 bits per heavy atom. The highest BCUT2D eigenvalue weighted by atomic mass is 19.1. The van der Waals surface area contributed by atoms with E-state index in [9.17, 15) is 14.0 Å². The predicted molar refractivity (Wildman–Crippen MR) is 158 cm³/mol. The highest BCUT2D eigenvalue weighted by Crippen LogP contribution is 2.27. The second-order valence-electron chi connectivity index (χ2n) is 10.1. The van der Waals surface area contributed by atoms with Crippen molar-refractivity contribution < 1.29 is 14.0 Å². The number of amides is 2. The SMILES string of the molecule is Cc1ccc(C(C(=O)Nc2ccc(N(C)C)cc2)N(Cc2ccc(F)cc2)C(=O)Cn2nnc3ccccc32)cc1. The molecule has 0 saturated heterocycles. The van der Waals surface area contributed by atoms with Gasteiger partial charge in [0, 0.05) is 32.0 Å². The van der Waals surface area contributed by atoms with E-state index in [1.807, 2.05) is 98.7 Å². The van der Waals surface area contributed by atoms with Gasteiger partial charge >= 0.3 is 0 Å². The van der Waals surface area contributed by atoms with Gasteiger partial charge in [0.1, 0.15) is 23.9 Å². The van der Waals surface area contributed by atoms with Crippen LogP contribution in [0, 0.1) is 12.7 Å². The zero-order valence-corrected chi connectivity index (χ0v) is 23.2. The number of carbonyl (C=O) groups is 2. The summed E-state index contributed by atoms with van der Waals surface area (Å²) in [5, 5.41) is 11.3. The molecule has 1 atom stereocenters. The van der Waals surface area contributed by atoms with Gasteiger partial charge in [-0.3, -0.25) is 9.59 Å². The lowest BCUT2D eigenvalue weighted by atomic mass is 10.0. The van der Waals surface area contributed by atoms with Gasteiger partial charge in [-0.15, -0.1) is 5.10 Å². The van der Waals surface area contributed by atoms with Crippen LogP contribution in [0.15, 0.2) is 97.1 Å². The first kappa shape index (κ1) is 27.5. The van der Waals surface area contributed by atoms with E-state index in [-0.39, 0.29) is 30.7 Å². The van der Waals surface area contributed by atoms with Gasteiger partial charge in [-0.1, -0.05) is 59.3 Å². The molecule has 1 N–H and O–H groups in total. The van der Waals surface area contributed by atoms with E-state index >= 15 is 0 Å². The van der Waals surface area contributed by atoms with Gasteiger partial charge in [-0.05, 0) is 66.6 Å². The van der Waals surface area contributed by atoms with E-state index in [1.54, 1.807) is 12.1 Å². The third-order valence-corrected chi connectivity index (χ3v) is 6.90. The number of nitrogens with zero attached hydrogens (tertiary/aromatic N) is 5. The second-order valence-corrected chi connectivity index (χ2v) is 10.1. The van der Waals surface area contributed by atoms with Gasteiger partial charge in [0.2, 0.25) is 5.91 Å². The Bertz CT molecular complexity index is 1650. The summed E-state index contributed by atoms with van der Waals surface area (Å²) < 4.78 is 15.3. The van der Waals surface area contributed by atoms with Crippen LogP contribution < -0.4 is 10.2 Å². The summed E-state index contributed by atoms with van der Waals surface area (Å²) in [4.78, 5) is 31.6. The Labute approximate surface area is 238 Å². The second kappa shape index (κ2) is 12.0. The molecule has 9 heteroatoms. The lowest BCUT2D eigenvalue weighted by Gasteiger charge is -2.32. The molecule has 1 heterocycles. The molecule has 41 heavy (non-hydrogen) atoms. The minimum Gasteiger partial charge on any atom is -0.378 e. The molecular formula is C32H31FN6O2. The van der Waals surface area contributed by atoms with E-state index in [0.717, 1.165) is 11.3 Å². The topological polar surface area (TPSA) is 83.4 Å². The Morgan fingerprint density at radius 1 is 0.902 bits per heavy atom. The summed E-state index contributed by atoms with van der Waals surface area (Å²) >= 11 is 0. The van der Waals surface area contributed by atoms with Crippen LogP contribution in [0.25, 0.3) is 11.0 Å². The van der Waals surface area contributed by atoms with Crippen LogP contribution in [-0.4, -0.2) is 45.8 Å². The highest BCUT2D eigenvalue weighted by Gasteiger charge is 2.32. The van der Waals surface area contributed by atoms with E-state index in [0.29, 0.717) is 27.8 Å². The number of halogens is 1. The summed E-state index contributed by atoms with van der Waals surface area (Å²) in [7, 11) is 3.89. The number of nitrogens with one attached hydrogen (secondary N) is 1. The maximum Gasteiger partial charge on any atom is 0.251 e. The molecule has 1 unspecified atom stereocenters. The smallest absolute Gasteiger partial charge is 0.251 e. The van der Waals surface area contributed by atoms with Crippen LogP contribution in [0.4, 0.5) is 15.8 Å². The van der Waals surface area contributed by atoms with E-state index in [4.69, 9.17) is 0 Å². The molecule has 0 radical (unpaired) electrons. The predicted octanol–water partition coefficient (Wildman–Crippen LogP) is 5.35. The van der Waals surface area contributed by atoms with Gasteiger partial charge in [0.25, 0.3) is 5.91 Å². The molecule has 5 aromatic rings. The van der Waals surface area contributed by atoms with Crippen molar-refractivity contribution in [2.75, 3.05) is 24.3 Å². The molecule has 0 aliphatic carbocycles. The Balaban J connectivity index is 1.53. The number of fused-ring (bicyclic) bond motifs is 1. The summed E-state index contributed by atoms with van der Waals surface area (Å²) in [5.41, 5.74) is 5.33. The fourth-order valence-corrected chi connectivity index (χ4v) is 4.64. The molecule has 208 valence electrons. The maximum absolute atomic E-state index is 14.1. The first-order valence-electron chi connectivity index (χ1n) is 13.3. The van der Waals surface area contributed by atoms with Gasteiger partial charge < -0.3 is 15.1 Å². The van der Waals surface area contributed by atoms with E-state index in [1.165, 1.54) is 21.7 Å². The lowest BCUT2D eigenvalue weighted by Crippen LogP contribution is -2.42. The molecule has 0 saturated carbocycles.